The Morgan fingerprint density at radius 3 is 2.50 bits per heavy atom. The summed E-state index contributed by atoms with van der Waals surface area (Å²) < 4.78 is 40.9. The summed E-state index contributed by atoms with van der Waals surface area (Å²) in [6.45, 7) is 1.14. The molecular formula is C17H23F3N2O2. The highest BCUT2D eigenvalue weighted by Gasteiger charge is 2.28. The predicted molar refractivity (Wildman–Crippen MR) is 84.8 cm³/mol. The van der Waals surface area contributed by atoms with E-state index in [9.17, 15) is 18.0 Å². The molecular weight excluding hydrogens is 321 g/mol. The third kappa shape index (κ3) is 6.29. The lowest BCUT2D eigenvalue weighted by Gasteiger charge is -2.29. The number of benzene rings is 1. The van der Waals surface area contributed by atoms with Gasteiger partial charge >= 0.3 is 12.2 Å². The van der Waals surface area contributed by atoms with Gasteiger partial charge < -0.3 is 15.4 Å². The molecule has 2 amide bonds. The first-order valence-corrected chi connectivity index (χ1v) is 8.16. The summed E-state index contributed by atoms with van der Waals surface area (Å²) in [6.07, 6.45) is 0.122. The molecule has 134 valence electrons. The van der Waals surface area contributed by atoms with Crippen LogP contribution in [-0.4, -0.2) is 24.9 Å². The molecule has 7 heteroatoms. The maximum absolute atomic E-state index is 12.1. The number of halogens is 3. The maximum atomic E-state index is 12.1. The van der Waals surface area contributed by atoms with Crippen molar-refractivity contribution in [1.82, 2.24) is 10.6 Å². The van der Waals surface area contributed by atoms with Gasteiger partial charge in [0.2, 0.25) is 0 Å². The molecule has 0 unspecified atom stereocenters. The zero-order chi connectivity index (χ0) is 17.6. The topological polar surface area (TPSA) is 50.4 Å². The molecule has 0 bridgehead atoms. The van der Waals surface area contributed by atoms with Crippen molar-refractivity contribution in [3.63, 3.8) is 0 Å². The van der Waals surface area contributed by atoms with E-state index in [-0.39, 0.29) is 17.8 Å². The Hall–Kier alpha value is -1.92. The van der Waals surface area contributed by atoms with E-state index in [1.165, 1.54) is 18.6 Å². The van der Waals surface area contributed by atoms with Crippen molar-refractivity contribution in [1.29, 1.82) is 0 Å². The fourth-order valence-corrected chi connectivity index (χ4v) is 2.80. The van der Waals surface area contributed by atoms with Crippen molar-refractivity contribution in [2.45, 2.75) is 51.4 Å². The van der Waals surface area contributed by atoms with Gasteiger partial charge in [-0.15, -0.1) is 0 Å². The smallest absolute Gasteiger partial charge is 0.422 e. The molecule has 0 saturated heterocycles. The minimum atomic E-state index is -4.35. The highest BCUT2D eigenvalue weighted by atomic mass is 19.4. The molecule has 4 nitrogen and oxygen atoms in total. The number of rotatable bonds is 5. The minimum absolute atomic E-state index is 0.150. The van der Waals surface area contributed by atoms with Gasteiger partial charge in [-0.2, -0.15) is 13.2 Å². The highest BCUT2D eigenvalue weighted by Crippen LogP contribution is 2.23. The molecule has 2 rings (SSSR count). The summed E-state index contributed by atoms with van der Waals surface area (Å²) in [6, 6.07) is 6.18. The highest BCUT2D eigenvalue weighted by molar-refractivity contribution is 5.74. The van der Waals surface area contributed by atoms with E-state index in [4.69, 9.17) is 0 Å². The second kappa shape index (κ2) is 8.26. The molecule has 0 aromatic heterocycles. The van der Waals surface area contributed by atoms with E-state index < -0.39 is 12.8 Å². The van der Waals surface area contributed by atoms with E-state index in [1.807, 2.05) is 0 Å². The summed E-state index contributed by atoms with van der Waals surface area (Å²) in [5.74, 6) is 0.631. The molecule has 2 atom stereocenters. The van der Waals surface area contributed by atoms with Gasteiger partial charge in [-0.3, -0.25) is 0 Å². The molecule has 0 spiro atoms. The van der Waals surface area contributed by atoms with Gasteiger partial charge in [-0.05, 0) is 36.5 Å². The normalized spacial score (nSPS) is 21.2. The van der Waals surface area contributed by atoms with Crippen molar-refractivity contribution in [2.24, 2.45) is 5.92 Å². The molecule has 1 aromatic carbocycles. The largest absolute Gasteiger partial charge is 0.484 e. The minimum Gasteiger partial charge on any atom is -0.484 e. The Morgan fingerprint density at radius 2 is 1.88 bits per heavy atom. The van der Waals surface area contributed by atoms with Crippen LogP contribution in [0.4, 0.5) is 18.0 Å². The Morgan fingerprint density at radius 1 is 1.21 bits per heavy atom. The SMILES string of the molecule is C[C@H]1CCCC[C@@H]1NC(=O)NCc1ccc(OCC(F)(F)F)cc1. The van der Waals surface area contributed by atoms with Crippen LogP contribution < -0.4 is 15.4 Å². The number of hydrogen-bond donors (Lipinski definition) is 2. The van der Waals surface area contributed by atoms with Gasteiger partial charge in [-0.25, -0.2) is 4.79 Å². The third-order valence-electron chi connectivity index (χ3n) is 4.21. The number of hydrogen-bond acceptors (Lipinski definition) is 2. The Labute approximate surface area is 139 Å². The van der Waals surface area contributed by atoms with E-state index in [0.717, 1.165) is 24.8 Å². The van der Waals surface area contributed by atoms with Crippen LogP contribution in [0, 0.1) is 5.92 Å². The number of ether oxygens (including phenoxy) is 1. The maximum Gasteiger partial charge on any atom is 0.422 e. The Kier molecular flexibility index (Phi) is 6.34. The zero-order valence-electron chi connectivity index (χ0n) is 13.7. The van der Waals surface area contributed by atoms with E-state index in [0.29, 0.717) is 12.5 Å². The van der Waals surface area contributed by atoms with Crippen molar-refractivity contribution >= 4 is 6.03 Å². The van der Waals surface area contributed by atoms with Crippen LogP contribution in [0.15, 0.2) is 24.3 Å². The second-order valence-corrected chi connectivity index (χ2v) is 6.24. The number of alkyl halides is 3. The summed E-state index contributed by atoms with van der Waals surface area (Å²) in [7, 11) is 0. The van der Waals surface area contributed by atoms with Crippen molar-refractivity contribution in [2.75, 3.05) is 6.61 Å². The lowest BCUT2D eigenvalue weighted by molar-refractivity contribution is -0.153. The van der Waals surface area contributed by atoms with Gasteiger partial charge in [0.05, 0.1) is 0 Å². The van der Waals surface area contributed by atoms with Crippen LogP contribution in [-0.2, 0) is 6.54 Å². The fourth-order valence-electron chi connectivity index (χ4n) is 2.80. The summed E-state index contributed by atoms with van der Waals surface area (Å²) >= 11 is 0. The number of carbonyl (C=O) groups is 1. The van der Waals surface area contributed by atoms with Crippen LogP contribution in [0.5, 0.6) is 5.75 Å². The van der Waals surface area contributed by atoms with Crippen LogP contribution in [0.3, 0.4) is 0 Å². The first-order chi connectivity index (χ1) is 11.3. The average Bonchev–Trinajstić information content (AvgIpc) is 2.53. The number of nitrogens with one attached hydrogen (secondary N) is 2. The number of carbonyl (C=O) groups excluding carboxylic acids is 1. The quantitative estimate of drug-likeness (QED) is 0.848. The summed E-state index contributed by atoms with van der Waals surface area (Å²) in [5, 5.41) is 5.76. The van der Waals surface area contributed by atoms with Crippen molar-refractivity contribution in [3.8, 4) is 5.75 Å². The van der Waals surface area contributed by atoms with Gasteiger partial charge in [-0.1, -0.05) is 31.9 Å². The lowest BCUT2D eigenvalue weighted by Crippen LogP contribution is -2.45. The van der Waals surface area contributed by atoms with Gasteiger partial charge in [0.15, 0.2) is 6.61 Å². The molecule has 2 N–H and O–H groups in total. The predicted octanol–water partition coefficient (Wildman–Crippen LogP) is 4.01. The Bertz CT molecular complexity index is 532. The second-order valence-electron chi connectivity index (χ2n) is 6.24. The van der Waals surface area contributed by atoms with Crippen LogP contribution in [0.2, 0.25) is 0 Å². The molecule has 1 aliphatic carbocycles. The van der Waals surface area contributed by atoms with Gasteiger partial charge in [0.25, 0.3) is 0 Å². The van der Waals surface area contributed by atoms with E-state index in [2.05, 4.69) is 22.3 Å². The monoisotopic (exact) mass is 344 g/mol. The van der Waals surface area contributed by atoms with E-state index in [1.54, 1.807) is 12.1 Å². The molecule has 0 radical (unpaired) electrons. The van der Waals surface area contributed by atoms with E-state index >= 15 is 0 Å². The van der Waals surface area contributed by atoms with Crippen LogP contribution >= 0.6 is 0 Å². The first-order valence-electron chi connectivity index (χ1n) is 8.16. The summed E-state index contributed by atoms with van der Waals surface area (Å²) in [5.41, 5.74) is 0.793. The van der Waals surface area contributed by atoms with Gasteiger partial charge in [0, 0.05) is 12.6 Å². The molecule has 1 aliphatic rings. The molecule has 1 saturated carbocycles. The zero-order valence-corrected chi connectivity index (χ0v) is 13.7. The van der Waals surface area contributed by atoms with Crippen LogP contribution in [0.25, 0.3) is 0 Å². The molecule has 0 heterocycles. The standard InChI is InChI=1S/C17H23F3N2O2/c1-12-4-2-3-5-15(12)22-16(23)21-10-13-6-8-14(9-7-13)24-11-17(18,19)20/h6-9,12,15H,2-5,10-11H2,1H3,(H2,21,22,23)/t12-,15-/m0/s1. The average molecular weight is 344 g/mol. The lowest BCUT2D eigenvalue weighted by atomic mass is 9.86. The fraction of sp³-hybridized carbons (Fsp3) is 0.588. The van der Waals surface area contributed by atoms with Crippen molar-refractivity contribution < 1.29 is 22.7 Å². The third-order valence-corrected chi connectivity index (χ3v) is 4.21. The summed E-state index contributed by atoms with van der Waals surface area (Å²) in [4.78, 5) is 11.9. The molecule has 24 heavy (non-hydrogen) atoms. The number of amides is 2. The first kappa shape index (κ1) is 18.4. The molecule has 1 aromatic rings. The van der Waals surface area contributed by atoms with Crippen molar-refractivity contribution in [3.05, 3.63) is 29.8 Å². The number of urea groups is 1. The van der Waals surface area contributed by atoms with Crippen LogP contribution in [0.1, 0.15) is 38.2 Å². The Balaban J connectivity index is 1.74. The molecule has 1 fully saturated rings. The van der Waals surface area contributed by atoms with Gasteiger partial charge in [0.1, 0.15) is 5.75 Å². The molecule has 0 aliphatic heterocycles.